The number of piperidine rings is 1. The topological polar surface area (TPSA) is 35.5 Å². The predicted molar refractivity (Wildman–Crippen MR) is 72.7 cm³/mol. The third kappa shape index (κ3) is 3.37. The van der Waals surface area contributed by atoms with Crippen LogP contribution in [0.2, 0.25) is 0 Å². The second-order valence-electron chi connectivity index (χ2n) is 4.57. The number of benzene rings is 1. The van der Waals surface area contributed by atoms with Gasteiger partial charge in [0.15, 0.2) is 0 Å². The highest BCUT2D eigenvalue weighted by atomic mass is 16.3. The first-order valence-electron chi connectivity index (χ1n) is 6.60. The van der Waals surface area contributed by atoms with Crippen molar-refractivity contribution in [2.24, 2.45) is 0 Å². The molecular formula is C14H22N2O. The third-order valence-corrected chi connectivity index (χ3v) is 3.25. The minimum Gasteiger partial charge on any atom is -0.396 e. The number of aliphatic hydroxyl groups is 1. The summed E-state index contributed by atoms with van der Waals surface area (Å²) in [5.41, 5.74) is 2.51. The van der Waals surface area contributed by atoms with E-state index in [0.717, 1.165) is 13.0 Å². The molecule has 1 aromatic carbocycles. The average Bonchev–Trinajstić information content (AvgIpc) is 2.41. The second kappa shape index (κ2) is 6.50. The standard InChI is InChI=1S/C14H22N2O/c17-12-6-9-15-13-7-2-3-8-14(13)16-10-4-1-5-11-16/h2-3,7-8,15,17H,1,4-6,9-12H2. The maximum absolute atomic E-state index is 8.81. The van der Waals surface area contributed by atoms with Gasteiger partial charge in [-0.2, -0.15) is 0 Å². The van der Waals surface area contributed by atoms with Gasteiger partial charge in [0.2, 0.25) is 0 Å². The molecule has 1 saturated heterocycles. The maximum atomic E-state index is 8.81. The van der Waals surface area contributed by atoms with E-state index >= 15 is 0 Å². The monoisotopic (exact) mass is 234 g/mol. The molecule has 0 spiro atoms. The van der Waals surface area contributed by atoms with Gasteiger partial charge >= 0.3 is 0 Å². The van der Waals surface area contributed by atoms with Gasteiger partial charge in [-0.25, -0.2) is 0 Å². The molecule has 0 radical (unpaired) electrons. The highest BCUT2D eigenvalue weighted by Gasteiger charge is 2.13. The summed E-state index contributed by atoms with van der Waals surface area (Å²) in [5, 5.41) is 12.2. The maximum Gasteiger partial charge on any atom is 0.0602 e. The quantitative estimate of drug-likeness (QED) is 0.768. The van der Waals surface area contributed by atoms with E-state index in [1.54, 1.807) is 0 Å². The van der Waals surface area contributed by atoms with Crippen LogP contribution in [0.1, 0.15) is 25.7 Å². The van der Waals surface area contributed by atoms with Crippen molar-refractivity contribution in [1.82, 2.24) is 0 Å². The summed E-state index contributed by atoms with van der Waals surface area (Å²) in [6, 6.07) is 8.48. The first-order valence-corrected chi connectivity index (χ1v) is 6.60. The number of aliphatic hydroxyl groups excluding tert-OH is 1. The minimum atomic E-state index is 0.249. The fraction of sp³-hybridized carbons (Fsp3) is 0.571. The molecule has 1 fully saturated rings. The van der Waals surface area contributed by atoms with E-state index < -0.39 is 0 Å². The molecule has 0 unspecified atom stereocenters. The first-order chi connectivity index (χ1) is 8.42. The molecule has 17 heavy (non-hydrogen) atoms. The summed E-state index contributed by atoms with van der Waals surface area (Å²) in [7, 11) is 0. The smallest absolute Gasteiger partial charge is 0.0602 e. The molecule has 1 aliphatic rings. The van der Waals surface area contributed by atoms with Gasteiger partial charge in [0.05, 0.1) is 11.4 Å². The zero-order valence-electron chi connectivity index (χ0n) is 10.4. The van der Waals surface area contributed by atoms with Gasteiger partial charge in [-0.05, 0) is 37.8 Å². The van der Waals surface area contributed by atoms with Gasteiger partial charge in [0.1, 0.15) is 0 Å². The molecule has 3 heteroatoms. The summed E-state index contributed by atoms with van der Waals surface area (Å²) in [4.78, 5) is 2.46. The lowest BCUT2D eigenvalue weighted by atomic mass is 10.1. The number of anilines is 2. The summed E-state index contributed by atoms with van der Waals surface area (Å²) in [5.74, 6) is 0. The number of hydrogen-bond acceptors (Lipinski definition) is 3. The molecule has 2 N–H and O–H groups in total. The molecule has 1 heterocycles. The summed E-state index contributed by atoms with van der Waals surface area (Å²) >= 11 is 0. The lowest BCUT2D eigenvalue weighted by molar-refractivity contribution is 0.292. The van der Waals surface area contributed by atoms with Crippen molar-refractivity contribution in [3.8, 4) is 0 Å². The Bertz CT molecular complexity index is 335. The lowest BCUT2D eigenvalue weighted by Crippen LogP contribution is -2.30. The molecule has 1 aliphatic heterocycles. The Morgan fingerprint density at radius 2 is 1.88 bits per heavy atom. The van der Waals surface area contributed by atoms with Crippen LogP contribution in [-0.2, 0) is 0 Å². The van der Waals surface area contributed by atoms with Crippen molar-refractivity contribution < 1.29 is 5.11 Å². The Hall–Kier alpha value is -1.22. The van der Waals surface area contributed by atoms with Crippen molar-refractivity contribution in [3.63, 3.8) is 0 Å². The van der Waals surface area contributed by atoms with E-state index in [-0.39, 0.29) is 6.61 Å². The van der Waals surface area contributed by atoms with Crippen molar-refractivity contribution >= 4 is 11.4 Å². The molecule has 2 rings (SSSR count). The predicted octanol–water partition coefficient (Wildman–Crippen LogP) is 2.47. The van der Waals surface area contributed by atoms with Gasteiger partial charge in [0, 0.05) is 26.2 Å². The minimum absolute atomic E-state index is 0.249. The molecule has 0 bridgehead atoms. The highest BCUT2D eigenvalue weighted by molar-refractivity contribution is 5.70. The molecule has 0 saturated carbocycles. The van der Waals surface area contributed by atoms with E-state index in [9.17, 15) is 0 Å². The molecular weight excluding hydrogens is 212 g/mol. The van der Waals surface area contributed by atoms with Gasteiger partial charge < -0.3 is 15.3 Å². The highest BCUT2D eigenvalue weighted by Crippen LogP contribution is 2.27. The van der Waals surface area contributed by atoms with E-state index in [1.165, 1.54) is 43.7 Å². The van der Waals surface area contributed by atoms with E-state index in [0.29, 0.717) is 0 Å². The fourth-order valence-electron chi connectivity index (χ4n) is 2.34. The molecule has 0 aliphatic carbocycles. The zero-order valence-corrected chi connectivity index (χ0v) is 10.4. The SMILES string of the molecule is OCCCNc1ccccc1N1CCCCC1. The van der Waals surface area contributed by atoms with Crippen LogP contribution in [0.3, 0.4) is 0 Å². The summed E-state index contributed by atoms with van der Waals surface area (Å²) < 4.78 is 0. The van der Waals surface area contributed by atoms with Crippen LogP contribution in [0, 0.1) is 0 Å². The van der Waals surface area contributed by atoms with E-state index in [1.807, 2.05) is 0 Å². The van der Waals surface area contributed by atoms with Crippen LogP contribution in [-0.4, -0.2) is 31.3 Å². The Balaban J connectivity index is 2.03. The molecule has 0 atom stereocenters. The van der Waals surface area contributed by atoms with E-state index in [4.69, 9.17) is 5.11 Å². The average molecular weight is 234 g/mol. The van der Waals surface area contributed by atoms with Crippen LogP contribution in [0.4, 0.5) is 11.4 Å². The summed E-state index contributed by atoms with van der Waals surface area (Å²) in [6.07, 6.45) is 4.75. The number of rotatable bonds is 5. The first kappa shape index (κ1) is 12.2. The van der Waals surface area contributed by atoms with Crippen LogP contribution in [0.15, 0.2) is 24.3 Å². The van der Waals surface area contributed by atoms with Gasteiger partial charge in [-0.1, -0.05) is 12.1 Å². The normalized spacial score (nSPS) is 15.9. The molecule has 1 aromatic rings. The van der Waals surface area contributed by atoms with Gasteiger partial charge in [0.25, 0.3) is 0 Å². The van der Waals surface area contributed by atoms with Crippen molar-refractivity contribution in [2.45, 2.75) is 25.7 Å². The molecule has 3 nitrogen and oxygen atoms in total. The third-order valence-electron chi connectivity index (χ3n) is 3.25. The van der Waals surface area contributed by atoms with E-state index in [2.05, 4.69) is 34.5 Å². The number of nitrogens with zero attached hydrogens (tertiary/aromatic N) is 1. The van der Waals surface area contributed by atoms with Crippen molar-refractivity contribution in [1.29, 1.82) is 0 Å². The second-order valence-corrected chi connectivity index (χ2v) is 4.57. The van der Waals surface area contributed by atoms with Crippen LogP contribution in [0.5, 0.6) is 0 Å². The van der Waals surface area contributed by atoms with Crippen molar-refractivity contribution in [2.75, 3.05) is 36.5 Å². The number of nitrogens with one attached hydrogen (secondary N) is 1. The van der Waals surface area contributed by atoms with Gasteiger partial charge in [-0.3, -0.25) is 0 Å². The number of para-hydroxylation sites is 2. The molecule has 0 amide bonds. The van der Waals surface area contributed by atoms with Crippen LogP contribution in [0.25, 0.3) is 0 Å². The zero-order chi connectivity index (χ0) is 11.9. The summed E-state index contributed by atoms with van der Waals surface area (Å²) in [6.45, 7) is 3.41. The fourth-order valence-corrected chi connectivity index (χ4v) is 2.34. The van der Waals surface area contributed by atoms with Crippen LogP contribution >= 0.6 is 0 Å². The molecule has 0 aromatic heterocycles. The van der Waals surface area contributed by atoms with Crippen molar-refractivity contribution in [3.05, 3.63) is 24.3 Å². The lowest BCUT2D eigenvalue weighted by Gasteiger charge is -2.30. The Labute approximate surface area is 103 Å². The largest absolute Gasteiger partial charge is 0.396 e. The van der Waals surface area contributed by atoms with Crippen LogP contribution < -0.4 is 10.2 Å². The number of hydrogen-bond donors (Lipinski definition) is 2. The Morgan fingerprint density at radius 3 is 2.65 bits per heavy atom. The molecule has 94 valence electrons. The Morgan fingerprint density at radius 1 is 1.12 bits per heavy atom. The Kier molecular flexibility index (Phi) is 4.68. The van der Waals surface area contributed by atoms with Gasteiger partial charge in [-0.15, -0.1) is 0 Å².